The Labute approximate surface area is 181 Å². The lowest BCUT2D eigenvalue weighted by atomic mass is 9.44. The van der Waals surface area contributed by atoms with E-state index in [-0.39, 0.29) is 0 Å². The van der Waals surface area contributed by atoms with Crippen LogP contribution in [0.1, 0.15) is 112 Å². The first kappa shape index (κ1) is 21.7. The minimum Gasteiger partial charge on any atom is -0.198 e. The molecule has 0 aliphatic heterocycles. The summed E-state index contributed by atoms with van der Waals surface area (Å²) in [5.41, 5.74) is 1.16. The van der Waals surface area contributed by atoms with Gasteiger partial charge >= 0.3 is 0 Å². The van der Waals surface area contributed by atoms with Crippen LogP contribution >= 0.6 is 0 Å². The van der Waals surface area contributed by atoms with Crippen molar-refractivity contribution in [1.29, 1.82) is 5.26 Å². The summed E-state index contributed by atoms with van der Waals surface area (Å²) in [6, 6.07) is 2.61. The molecule has 1 heteroatoms. The maximum absolute atomic E-state index is 9.48. The maximum Gasteiger partial charge on any atom is 0.0655 e. The lowest BCUT2D eigenvalue weighted by Gasteiger charge is -2.61. The topological polar surface area (TPSA) is 23.8 Å². The number of nitriles is 1. The van der Waals surface area contributed by atoms with E-state index >= 15 is 0 Å². The molecule has 4 fully saturated rings. The third kappa shape index (κ3) is 3.70. The summed E-state index contributed by atoms with van der Waals surface area (Å²) in [6.45, 7) is 12.7. The highest BCUT2D eigenvalue weighted by Crippen LogP contribution is 2.68. The van der Waals surface area contributed by atoms with Crippen molar-refractivity contribution in [2.45, 2.75) is 112 Å². The van der Waals surface area contributed by atoms with Gasteiger partial charge in [-0.25, -0.2) is 0 Å². The van der Waals surface area contributed by atoms with Crippen LogP contribution in [-0.4, -0.2) is 0 Å². The minimum absolute atomic E-state index is 0.348. The van der Waals surface area contributed by atoms with Crippen molar-refractivity contribution in [3.05, 3.63) is 0 Å². The summed E-state index contributed by atoms with van der Waals surface area (Å²) in [7, 11) is 0. The molecule has 9 atom stereocenters. The Morgan fingerprint density at radius 2 is 1.59 bits per heavy atom. The van der Waals surface area contributed by atoms with E-state index < -0.39 is 0 Å². The number of hydrogen-bond donors (Lipinski definition) is 0. The second-order valence-electron chi connectivity index (χ2n) is 12.8. The van der Waals surface area contributed by atoms with Gasteiger partial charge in [0.05, 0.1) is 6.07 Å². The van der Waals surface area contributed by atoms with E-state index in [1.165, 1.54) is 77.0 Å². The SMILES string of the molecule is CC(C)CCC[C@@H](C)[C@H]1CC[C@H]2[C@@H]3CC[C@H]4C[C@@H](C#N)CC[C@]4(C)[C@H]3CC[C@]12C. The summed E-state index contributed by atoms with van der Waals surface area (Å²) in [5, 5.41) is 9.48. The molecule has 0 aromatic rings. The molecule has 0 aromatic heterocycles. The fourth-order valence-electron chi connectivity index (χ4n) is 9.40. The Morgan fingerprint density at radius 3 is 2.31 bits per heavy atom. The molecule has 4 aliphatic rings. The molecular weight excluding hydrogens is 350 g/mol. The van der Waals surface area contributed by atoms with Gasteiger partial charge in [-0.15, -0.1) is 0 Å². The molecule has 4 rings (SSSR count). The molecule has 164 valence electrons. The van der Waals surface area contributed by atoms with E-state index in [0.717, 1.165) is 41.4 Å². The van der Waals surface area contributed by atoms with Gasteiger partial charge in [0.2, 0.25) is 0 Å². The van der Waals surface area contributed by atoms with Crippen molar-refractivity contribution in [1.82, 2.24) is 0 Å². The van der Waals surface area contributed by atoms with Gasteiger partial charge in [-0.3, -0.25) is 0 Å². The summed E-state index contributed by atoms with van der Waals surface area (Å²) >= 11 is 0. The predicted octanol–water partition coefficient (Wildman–Crippen LogP) is 8.25. The highest BCUT2D eigenvalue weighted by molar-refractivity contribution is 5.10. The Kier molecular flexibility index (Phi) is 6.14. The van der Waals surface area contributed by atoms with E-state index in [2.05, 4.69) is 40.7 Å². The number of rotatable bonds is 5. The number of nitrogens with zero attached hydrogens (tertiary/aromatic N) is 1. The number of fused-ring (bicyclic) bond motifs is 5. The zero-order chi connectivity index (χ0) is 20.8. The lowest BCUT2D eigenvalue weighted by Crippen LogP contribution is -2.53. The summed E-state index contributed by atoms with van der Waals surface area (Å²) < 4.78 is 0. The Balaban J connectivity index is 1.46. The molecule has 0 unspecified atom stereocenters. The fourth-order valence-corrected chi connectivity index (χ4v) is 9.40. The van der Waals surface area contributed by atoms with Crippen LogP contribution in [0.25, 0.3) is 0 Å². The molecule has 0 aromatic carbocycles. The monoisotopic (exact) mass is 397 g/mol. The average molecular weight is 398 g/mol. The molecule has 29 heavy (non-hydrogen) atoms. The first-order valence-electron chi connectivity index (χ1n) is 13.2. The van der Waals surface area contributed by atoms with Crippen molar-refractivity contribution >= 4 is 0 Å². The zero-order valence-electron chi connectivity index (χ0n) is 20.1. The predicted molar refractivity (Wildman–Crippen MR) is 122 cm³/mol. The van der Waals surface area contributed by atoms with Gasteiger partial charge in [-0.2, -0.15) is 5.26 Å². The molecule has 4 saturated carbocycles. The van der Waals surface area contributed by atoms with E-state index in [9.17, 15) is 5.26 Å². The standard InChI is InChI=1S/C28H47N/c1-19(2)7-6-8-20(3)24-11-12-25-23-10-9-22-17-21(18-29)13-15-27(22,4)26(23)14-16-28(24,25)5/h19-26H,6-17H2,1-5H3/t20-,21+,22+,23+,24-,25+,26+,27+,28-/m1/s1. The summed E-state index contributed by atoms with van der Waals surface area (Å²) in [5.74, 6) is 6.86. The van der Waals surface area contributed by atoms with Crippen LogP contribution in [0, 0.1) is 69.5 Å². The van der Waals surface area contributed by atoms with Gasteiger partial charge in [-0.1, -0.05) is 53.9 Å². The average Bonchev–Trinajstić information content (AvgIpc) is 3.04. The zero-order valence-corrected chi connectivity index (χ0v) is 20.1. The second kappa shape index (κ2) is 8.20. The second-order valence-corrected chi connectivity index (χ2v) is 12.8. The molecule has 0 spiro atoms. The Morgan fingerprint density at radius 1 is 0.862 bits per heavy atom. The van der Waals surface area contributed by atoms with Crippen LogP contribution in [0.4, 0.5) is 0 Å². The highest BCUT2D eigenvalue weighted by atomic mass is 14.6. The van der Waals surface area contributed by atoms with E-state index in [1.807, 2.05) is 0 Å². The molecule has 0 radical (unpaired) electrons. The van der Waals surface area contributed by atoms with Crippen LogP contribution in [-0.2, 0) is 0 Å². The smallest absolute Gasteiger partial charge is 0.0655 e. The van der Waals surface area contributed by atoms with Crippen molar-refractivity contribution in [2.75, 3.05) is 0 Å². The first-order valence-corrected chi connectivity index (χ1v) is 13.2. The molecule has 0 heterocycles. The highest BCUT2D eigenvalue weighted by Gasteiger charge is 2.60. The van der Waals surface area contributed by atoms with Gasteiger partial charge in [-0.05, 0) is 110 Å². The van der Waals surface area contributed by atoms with E-state index in [1.54, 1.807) is 0 Å². The number of hydrogen-bond acceptors (Lipinski definition) is 1. The maximum atomic E-state index is 9.48. The third-order valence-electron chi connectivity index (χ3n) is 11.0. The molecular formula is C28H47N. The largest absolute Gasteiger partial charge is 0.198 e. The van der Waals surface area contributed by atoms with Crippen molar-refractivity contribution in [2.24, 2.45) is 58.2 Å². The molecule has 0 N–H and O–H groups in total. The minimum atomic E-state index is 0.348. The van der Waals surface area contributed by atoms with Crippen LogP contribution in [0.15, 0.2) is 0 Å². The van der Waals surface area contributed by atoms with Gasteiger partial charge in [0.15, 0.2) is 0 Å². The molecule has 0 saturated heterocycles. The van der Waals surface area contributed by atoms with Crippen molar-refractivity contribution in [3.8, 4) is 6.07 Å². The van der Waals surface area contributed by atoms with E-state index in [0.29, 0.717) is 16.7 Å². The molecule has 4 aliphatic carbocycles. The van der Waals surface area contributed by atoms with Gasteiger partial charge in [0, 0.05) is 5.92 Å². The Hall–Kier alpha value is -0.510. The molecule has 0 bridgehead atoms. The van der Waals surface area contributed by atoms with Crippen LogP contribution in [0.2, 0.25) is 0 Å². The normalized spacial score (nSPS) is 47.8. The van der Waals surface area contributed by atoms with Gasteiger partial charge in [0.25, 0.3) is 0 Å². The lowest BCUT2D eigenvalue weighted by molar-refractivity contribution is -0.118. The third-order valence-corrected chi connectivity index (χ3v) is 11.0. The van der Waals surface area contributed by atoms with Gasteiger partial charge in [0.1, 0.15) is 0 Å². The fraction of sp³-hybridized carbons (Fsp3) is 0.964. The van der Waals surface area contributed by atoms with Crippen LogP contribution < -0.4 is 0 Å². The molecule has 1 nitrogen and oxygen atoms in total. The van der Waals surface area contributed by atoms with Crippen molar-refractivity contribution < 1.29 is 0 Å². The quantitative estimate of drug-likeness (QED) is 0.458. The summed E-state index contributed by atoms with van der Waals surface area (Å²) in [6.07, 6.45) is 16.9. The summed E-state index contributed by atoms with van der Waals surface area (Å²) in [4.78, 5) is 0. The van der Waals surface area contributed by atoms with Crippen LogP contribution in [0.3, 0.4) is 0 Å². The molecule has 0 amide bonds. The van der Waals surface area contributed by atoms with Crippen molar-refractivity contribution in [3.63, 3.8) is 0 Å². The van der Waals surface area contributed by atoms with E-state index in [4.69, 9.17) is 0 Å². The van der Waals surface area contributed by atoms with Gasteiger partial charge < -0.3 is 0 Å². The van der Waals surface area contributed by atoms with Crippen LogP contribution in [0.5, 0.6) is 0 Å². The Bertz CT molecular complexity index is 616. The first-order chi connectivity index (χ1) is 13.8.